The highest BCUT2D eigenvalue weighted by Gasteiger charge is 2.24. The summed E-state index contributed by atoms with van der Waals surface area (Å²) < 4.78 is 2.34. The van der Waals surface area contributed by atoms with Gasteiger partial charge in [-0.3, -0.25) is 0 Å². The molecule has 0 saturated heterocycles. The summed E-state index contributed by atoms with van der Waals surface area (Å²) in [5, 5.41) is 5.66. The maximum absolute atomic E-state index is 6.25. The van der Waals surface area contributed by atoms with E-state index < -0.39 is 0 Å². The van der Waals surface area contributed by atoms with Crippen LogP contribution in [0.1, 0.15) is 23.2 Å². The Kier molecular flexibility index (Phi) is 2.87. The van der Waals surface area contributed by atoms with E-state index >= 15 is 0 Å². The number of hydrogen-bond donors (Lipinski definition) is 1. The molecule has 2 nitrogen and oxygen atoms in total. The molecule has 0 bridgehead atoms. The number of nitrogens with zero attached hydrogens (tertiary/aromatic N) is 1. The lowest BCUT2D eigenvalue weighted by Crippen LogP contribution is -2.32. The summed E-state index contributed by atoms with van der Waals surface area (Å²) in [4.78, 5) is 0. The van der Waals surface area contributed by atoms with Gasteiger partial charge in [0.25, 0.3) is 0 Å². The Labute approximate surface area is 113 Å². The second-order valence-electron chi connectivity index (χ2n) is 5.28. The third-order valence-corrected chi connectivity index (χ3v) is 4.78. The van der Waals surface area contributed by atoms with Crippen molar-refractivity contribution < 1.29 is 0 Å². The molecule has 0 radical (unpaired) electrons. The first-order valence-corrected chi connectivity index (χ1v) is 6.93. The molecule has 1 unspecified atom stereocenters. The van der Waals surface area contributed by atoms with Gasteiger partial charge in [-0.05, 0) is 44.0 Å². The Balaban J connectivity index is 2.27. The molecular formula is C15H19ClN2. The lowest BCUT2D eigenvalue weighted by atomic mass is 9.91. The Morgan fingerprint density at radius 2 is 2.17 bits per heavy atom. The Morgan fingerprint density at radius 3 is 2.89 bits per heavy atom. The van der Waals surface area contributed by atoms with Gasteiger partial charge < -0.3 is 9.88 Å². The fourth-order valence-electron chi connectivity index (χ4n) is 3.28. The second kappa shape index (κ2) is 4.29. The third kappa shape index (κ3) is 1.59. The molecule has 1 heterocycles. The summed E-state index contributed by atoms with van der Waals surface area (Å²) in [7, 11) is 4.23. The van der Waals surface area contributed by atoms with E-state index in [1.807, 2.05) is 6.07 Å². The van der Waals surface area contributed by atoms with Crippen LogP contribution in [0.5, 0.6) is 0 Å². The first-order chi connectivity index (χ1) is 8.63. The van der Waals surface area contributed by atoms with Crippen LogP contribution in [-0.4, -0.2) is 17.7 Å². The monoisotopic (exact) mass is 262 g/mol. The minimum atomic E-state index is 0.608. The van der Waals surface area contributed by atoms with E-state index in [4.69, 9.17) is 11.6 Å². The standard InChI is InChI=1S/C15H19ClN2/c1-9-13(16)7-6-12-11-5-4-10(17-2)8-14(11)18(3)15(9)12/h6-7,10,17H,4-5,8H2,1-3H3. The zero-order valence-corrected chi connectivity index (χ0v) is 11.9. The zero-order chi connectivity index (χ0) is 12.9. The summed E-state index contributed by atoms with van der Waals surface area (Å²) >= 11 is 6.25. The fraction of sp³-hybridized carbons (Fsp3) is 0.467. The van der Waals surface area contributed by atoms with Crippen LogP contribution in [0.4, 0.5) is 0 Å². The maximum Gasteiger partial charge on any atom is 0.0527 e. The summed E-state index contributed by atoms with van der Waals surface area (Å²) in [5.41, 5.74) is 5.51. The zero-order valence-electron chi connectivity index (χ0n) is 11.2. The van der Waals surface area contributed by atoms with Gasteiger partial charge in [0.15, 0.2) is 0 Å². The van der Waals surface area contributed by atoms with Crippen molar-refractivity contribution in [1.29, 1.82) is 0 Å². The van der Waals surface area contributed by atoms with E-state index in [2.05, 4.69) is 37.0 Å². The van der Waals surface area contributed by atoms with Crippen LogP contribution < -0.4 is 5.32 Å². The molecule has 1 aliphatic rings. The molecule has 0 saturated carbocycles. The molecule has 0 spiro atoms. The number of aromatic nitrogens is 1. The molecule has 1 aliphatic carbocycles. The van der Waals surface area contributed by atoms with Crippen molar-refractivity contribution in [3.05, 3.63) is 34.0 Å². The fourth-order valence-corrected chi connectivity index (χ4v) is 3.44. The normalized spacial score (nSPS) is 19.2. The van der Waals surface area contributed by atoms with Gasteiger partial charge in [0.05, 0.1) is 5.52 Å². The van der Waals surface area contributed by atoms with Crippen molar-refractivity contribution in [2.75, 3.05) is 7.05 Å². The highest BCUT2D eigenvalue weighted by atomic mass is 35.5. The molecule has 96 valence electrons. The Bertz CT molecular complexity index is 613. The highest BCUT2D eigenvalue weighted by Crippen LogP contribution is 2.35. The minimum absolute atomic E-state index is 0.608. The van der Waals surface area contributed by atoms with Crippen LogP contribution in [0.25, 0.3) is 10.9 Å². The number of nitrogens with one attached hydrogen (secondary N) is 1. The van der Waals surface area contributed by atoms with Crippen LogP contribution in [-0.2, 0) is 19.9 Å². The molecule has 1 aromatic heterocycles. The molecule has 1 aromatic carbocycles. The molecule has 0 aliphatic heterocycles. The van der Waals surface area contributed by atoms with Crippen LogP contribution >= 0.6 is 11.6 Å². The Morgan fingerprint density at radius 1 is 1.39 bits per heavy atom. The van der Waals surface area contributed by atoms with Crippen molar-refractivity contribution in [1.82, 2.24) is 9.88 Å². The number of aryl methyl sites for hydroxylation is 3. The average Bonchev–Trinajstić information content (AvgIpc) is 2.67. The third-order valence-electron chi connectivity index (χ3n) is 4.37. The van der Waals surface area contributed by atoms with Gasteiger partial charge in [0.1, 0.15) is 0 Å². The summed E-state index contributed by atoms with van der Waals surface area (Å²) in [6, 6.07) is 4.82. The summed E-state index contributed by atoms with van der Waals surface area (Å²) in [6.07, 6.45) is 3.51. The number of benzene rings is 1. The topological polar surface area (TPSA) is 17.0 Å². The number of rotatable bonds is 1. The average molecular weight is 263 g/mol. The lowest BCUT2D eigenvalue weighted by Gasteiger charge is -2.23. The summed E-state index contributed by atoms with van der Waals surface area (Å²) in [6.45, 7) is 2.12. The van der Waals surface area contributed by atoms with E-state index in [9.17, 15) is 0 Å². The predicted molar refractivity (Wildman–Crippen MR) is 77.5 cm³/mol. The van der Waals surface area contributed by atoms with Gasteiger partial charge in [0, 0.05) is 35.6 Å². The van der Waals surface area contributed by atoms with Crippen LogP contribution in [0.3, 0.4) is 0 Å². The summed E-state index contributed by atoms with van der Waals surface area (Å²) in [5.74, 6) is 0. The number of likely N-dealkylation sites (N-methyl/N-ethyl adjacent to an activating group) is 1. The predicted octanol–water partition coefficient (Wildman–Crippen LogP) is 3.22. The van der Waals surface area contributed by atoms with Gasteiger partial charge >= 0.3 is 0 Å². The SMILES string of the molecule is CNC1CCc2c(n(C)c3c(C)c(Cl)ccc23)C1. The molecule has 18 heavy (non-hydrogen) atoms. The van der Waals surface area contributed by atoms with Crippen molar-refractivity contribution >= 4 is 22.5 Å². The number of hydrogen-bond acceptors (Lipinski definition) is 1. The van der Waals surface area contributed by atoms with Crippen LogP contribution in [0.2, 0.25) is 5.02 Å². The molecule has 3 heteroatoms. The molecular weight excluding hydrogens is 244 g/mol. The van der Waals surface area contributed by atoms with E-state index in [1.165, 1.54) is 40.6 Å². The van der Waals surface area contributed by atoms with Crippen molar-refractivity contribution in [2.45, 2.75) is 32.2 Å². The second-order valence-corrected chi connectivity index (χ2v) is 5.69. The van der Waals surface area contributed by atoms with Gasteiger partial charge in [-0.15, -0.1) is 0 Å². The van der Waals surface area contributed by atoms with Gasteiger partial charge in [-0.1, -0.05) is 17.7 Å². The first-order valence-electron chi connectivity index (χ1n) is 6.56. The van der Waals surface area contributed by atoms with E-state index in [1.54, 1.807) is 0 Å². The molecule has 0 amide bonds. The molecule has 1 N–H and O–H groups in total. The van der Waals surface area contributed by atoms with E-state index in [0.29, 0.717) is 6.04 Å². The number of fused-ring (bicyclic) bond motifs is 3. The van der Waals surface area contributed by atoms with Crippen molar-refractivity contribution in [3.8, 4) is 0 Å². The lowest BCUT2D eigenvalue weighted by molar-refractivity contribution is 0.485. The first kappa shape index (κ1) is 12.1. The van der Waals surface area contributed by atoms with Gasteiger partial charge in [0.2, 0.25) is 0 Å². The maximum atomic E-state index is 6.25. The van der Waals surface area contributed by atoms with Crippen molar-refractivity contribution in [2.24, 2.45) is 7.05 Å². The van der Waals surface area contributed by atoms with E-state index in [-0.39, 0.29) is 0 Å². The van der Waals surface area contributed by atoms with E-state index in [0.717, 1.165) is 11.4 Å². The molecule has 3 rings (SSSR count). The number of halogens is 1. The largest absolute Gasteiger partial charge is 0.347 e. The van der Waals surface area contributed by atoms with Crippen molar-refractivity contribution in [3.63, 3.8) is 0 Å². The minimum Gasteiger partial charge on any atom is -0.347 e. The Hall–Kier alpha value is -0.990. The molecule has 0 fully saturated rings. The van der Waals surface area contributed by atoms with Crippen LogP contribution in [0.15, 0.2) is 12.1 Å². The smallest absolute Gasteiger partial charge is 0.0527 e. The highest BCUT2D eigenvalue weighted by molar-refractivity contribution is 6.32. The van der Waals surface area contributed by atoms with Crippen LogP contribution in [0, 0.1) is 6.92 Å². The quantitative estimate of drug-likeness (QED) is 0.835. The van der Waals surface area contributed by atoms with Gasteiger partial charge in [-0.25, -0.2) is 0 Å². The molecule has 2 aromatic rings. The van der Waals surface area contributed by atoms with Gasteiger partial charge in [-0.2, -0.15) is 0 Å². The molecule has 1 atom stereocenters.